The fraction of sp³-hybridized carbons (Fsp3) is 0.172. The standard InChI is InChI=1S/C29H22N4O4/c1-2-17-20-12-33-24(10-18-21(28(33)35)13-37-29(36)27(18)34)26(20)32-23-8-7-22-19(25(17)23)9-15(11-31-22)14-3-5-16(30)6-4-14/h3-11,27,34H,2,12-13,30H2,1H3. The van der Waals surface area contributed by atoms with E-state index in [0.717, 1.165) is 50.5 Å². The molecule has 3 N–H and O–H groups in total. The molecule has 0 bridgehead atoms. The molecule has 5 aromatic rings. The number of esters is 1. The van der Waals surface area contributed by atoms with Crippen molar-refractivity contribution >= 4 is 33.5 Å². The number of carbonyl (C=O) groups excluding carboxylic acids is 1. The molecule has 0 saturated carbocycles. The number of nitrogens with zero attached hydrogens (tertiary/aromatic N) is 3. The van der Waals surface area contributed by atoms with E-state index in [1.807, 2.05) is 42.6 Å². The first-order valence-electron chi connectivity index (χ1n) is 12.2. The highest BCUT2D eigenvalue weighted by atomic mass is 16.5. The zero-order valence-corrected chi connectivity index (χ0v) is 20.0. The lowest BCUT2D eigenvalue weighted by Gasteiger charge is -2.21. The third kappa shape index (κ3) is 3.06. The highest BCUT2D eigenvalue weighted by Crippen LogP contribution is 2.40. The van der Waals surface area contributed by atoms with E-state index in [1.54, 1.807) is 10.6 Å². The smallest absolute Gasteiger partial charge is 0.340 e. The highest BCUT2D eigenvalue weighted by Gasteiger charge is 2.34. The van der Waals surface area contributed by atoms with Crippen LogP contribution in [0.25, 0.3) is 44.3 Å². The SMILES string of the molecule is CCc1c2c(nc3ccc4ncc(-c5ccc(N)cc5)cc4c13)-c1cc3c(c(=O)n1C2)COC(=O)C3O. The Labute approximate surface area is 211 Å². The number of rotatable bonds is 2. The van der Waals surface area contributed by atoms with E-state index in [0.29, 0.717) is 34.7 Å². The number of benzene rings is 2. The minimum atomic E-state index is -1.47. The molecule has 0 saturated heterocycles. The lowest BCUT2D eigenvalue weighted by Crippen LogP contribution is -2.32. The van der Waals surface area contributed by atoms with Crippen molar-refractivity contribution in [1.29, 1.82) is 0 Å². The predicted molar refractivity (Wildman–Crippen MR) is 140 cm³/mol. The van der Waals surface area contributed by atoms with Gasteiger partial charge in [0.2, 0.25) is 0 Å². The number of aliphatic hydroxyl groups excluding tert-OH is 1. The number of aryl methyl sites for hydroxylation is 1. The van der Waals surface area contributed by atoms with E-state index < -0.39 is 12.1 Å². The van der Waals surface area contributed by atoms with Gasteiger partial charge in [-0.25, -0.2) is 9.78 Å². The van der Waals surface area contributed by atoms with Gasteiger partial charge in [-0.05, 0) is 53.9 Å². The van der Waals surface area contributed by atoms with Crippen molar-refractivity contribution < 1.29 is 14.6 Å². The third-order valence-corrected chi connectivity index (χ3v) is 7.50. The number of ether oxygens (including phenoxy) is 1. The van der Waals surface area contributed by atoms with Crippen molar-refractivity contribution in [2.75, 3.05) is 5.73 Å². The summed E-state index contributed by atoms with van der Waals surface area (Å²) in [4.78, 5) is 35.1. The predicted octanol–water partition coefficient (Wildman–Crippen LogP) is 3.88. The maximum Gasteiger partial charge on any atom is 0.340 e. The van der Waals surface area contributed by atoms with E-state index in [2.05, 4.69) is 13.0 Å². The minimum Gasteiger partial charge on any atom is -0.458 e. The Bertz CT molecular complexity index is 1860. The van der Waals surface area contributed by atoms with Crippen molar-refractivity contribution in [2.24, 2.45) is 0 Å². The van der Waals surface area contributed by atoms with Crippen LogP contribution in [0.15, 0.2) is 59.5 Å². The molecule has 2 aliphatic rings. The lowest BCUT2D eigenvalue weighted by molar-refractivity contribution is -0.157. The van der Waals surface area contributed by atoms with Gasteiger partial charge in [-0.15, -0.1) is 0 Å². The summed E-state index contributed by atoms with van der Waals surface area (Å²) >= 11 is 0. The zero-order valence-electron chi connectivity index (χ0n) is 20.0. The number of cyclic esters (lactones) is 1. The molecule has 5 heterocycles. The second-order valence-electron chi connectivity index (χ2n) is 9.51. The molecule has 182 valence electrons. The van der Waals surface area contributed by atoms with Gasteiger partial charge in [0.1, 0.15) is 6.61 Å². The Hall–Kier alpha value is -4.56. The maximum absolute atomic E-state index is 13.4. The summed E-state index contributed by atoms with van der Waals surface area (Å²) in [6.45, 7) is 2.33. The van der Waals surface area contributed by atoms with Crippen LogP contribution in [0, 0.1) is 0 Å². The van der Waals surface area contributed by atoms with Crippen molar-refractivity contribution in [2.45, 2.75) is 32.6 Å². The number of anilines is 1. The average molecular weight is 491 g/mol. The van der Waals surface area contributed by atoms with Crippen molar-refractivity contribution in [3.8, 4) is 22.5 Å². The summed E-state index contributed by atoms with van der Waals surface area (Å²) in [5.74, 6) is -0.744. The van der Waals surface area contributed by atoms with Gasteiger partial charge in [-0.3, -0.25) is 9.78 Å². The molecule has 0 radical (unpaired) electrons. The van der Waals surface area contributed by atoms with Crippen LogP contribution in [0.5, 0.6) is 0 Å². The van der Waals surface area contributed by atoms with Crippen molar-refractivity contribution in [3.05, 3.63) is 87.3 Å². The number of hydrogen-bond donors (Lipinski definition) is 2. The monoisotopic (exact) mass is 490 g/mol. The molecule has 8 nitrogen and oxygen atoms in total. The van der Waals surface area contributed by atoms with E-state index >= 15 is 0 Å². The Morgan fingerprint density at radius 2 is 1.84 bits per heavy atom. The second-order valence-corrected chi connectivity index (χ2v) is 9.51. The van der Waals surface area contributed by atoms with Gasteiger partial charge in [0, 0.05) is 39.3 Å². The lowest BCUT2D eigenvalue weighted by atomic mass is 9.94. The van der Waals surface area contributed by atoms with E-state index in [9.17, 15) is 14.7 Å². The molecule has 0 spiro atoms. The Kier molecular flexibility index (Phi) is 4.53. The van der Waals surface area contributed by atoms with Crippen LogP contribution in [-0.4, -0.2) is 25.6 Å². The Balaban J connectivity index is 1.49. The number of hydrogen-bond acceptors (Lipinski definition) is 7. The molecule has 0 aliphatic carbocycles. The molecule has 8 heteroatoms. The second kappa shape index (κ2) is 7.72. The molecule has 3 aromatic heterocycles. The summed E-state index contributed by atoms with van der Waals surface area (Å²) in [5, 5.41) is 12.4. The zero-order chi connectivity index (χ0) is 25.4. The molecule has 2 aromatic carbocycles. The third-order valence-electron chi connectivity index (χ3n) is 7.50. The first-order chi connectivity index (χ1) is 17.9. The summed E-state index contributed by atoms with van der Waals surface area (Å²) in [7, 11) is 0. The number of nitrogens with two attached hydrogens (primary N) is 1. The van der Waals surface area contributed by atoms with Gasteiger partial charge >= 0.3 is 5.97 Å². The van der Waals surface area contributed by atoms with Gasteiger partial charge in [-0.1, -0.05) is 19.1 Å². The summed E-state index contributed by atoms with van der Waals surface area (Å²) in [6, 6.07) is 15.5. The fourth-order valence-corrected chi connectivity index (χ4v) is 5.64. The summed E-state index contributed by atoms with van der Waals surface area (Å²) in [6.07, 6.45) is 1.12. The normalized spacial score (nSPS) is 15.9. The molecular weight excluding hydrogens is 468 g/mol. The largest absolute Gasteiger partial charge is 0.458 e. The number of aromatic nitrogens is 3. The van der Waals surface area contributed by atoms with Crippen LogP contribution in [-0.2, 0) is 29.1 Å². The number of fused-ring (bicyclic) bond motifs is 7. The van der Waals surface area contributed by atoms with Crippen LogP contribution in [0.1, 0.15) is 35.3 Å². The molecule has 2 aliphatic heterocycles. The minimum absolute atomic E-state index is 0.138. The molecule has 1 atom stereocenters. The van der Waals surface area contributed by atoms with Gasteiger partial charge < -0.3 is 20.1 Å². The van der Waals surface area contributed by atoms with Gasteiger partial charge in [-0.2, -0.15) is 0 Å². The van der Waals surface area contributed by atoms with Crippen LogP contribution >= 0.6 is 0 Å². The molecule has 0 amide bonds. The molecule has 0 fully saturated rings. The number of carbonyl (C=O) groups is 1. The van der Waals surface area contributed by atoms with E-state index in [-0.39, 0.29) is 12.2 Å². The molecular formula is C29H22N4O4. The van der Waals surface area contributed by atoms with Crippen LogP contribution in [0.2, 0.25) is 0 Å². The van der Waals surface area contributed by atoms with Crippen LogP contribution < -0.4 is 11.3 Å². The molecule has 7 rings (SSSR count). The summed E-state index contributed by atoms with van der Waals surface area (Å²) in [5.41, 5.74) is 14.0. The number of pyridine rings is 3. The average Bonchev–Trinajstić information content (AvgIpc) is 3.28. The van der Waals surface area contributed by atoms with Gasteiger partial charge in [0.05, 0.1) is 34.5 Å². The van der Waals surface area contributed by atoms with Gasteiger partial charge in [0.15, 0.2) is 6.10 Å². The maximum atomic E-state index is 13.4. The number of nitrogen functional groups attached to an aromatic ring is 1. The highest BCUT2D eigenvalue weighted by molar-refractivity contribution is 6.09. The van der Waals surface area contributed by atoms with Gasteiger partial charge in [0.25, 0.3) is 5.56 Å². The Morgan fingerprint density at radius 3 is 2.62 bits per heavy atom. The van der Waals surface area contributed by atoms with Crippen molar-refractivity contribution in [3.63, 3.8) is 0 Å². The Morgan fingerprint density at radius 1 is 1.05 bits per heavy atom. The van der Waals surface area contributed by atoms with Crippen molar-refractivity contribution in [1.82, 2.24) is 14.5 Å². The van der Waals surface area contributed by atoms with E-state index in [1.165, 1.54) is 0 Å². The topological polar surface area (TPSA) is 120 Å². The van der Waals surface area contributed by atoms with E-state index in [4.69, 9.17) is 20.4 Å². The first-order valence-corrected chi connectivity index (χ1v) is 12.2. The number of aliphatic hydroxyl groups is 1. The fourth-order valence-electron chi connectivity index (χ4n) is 5.64. The molecule has 1 unspecified atom stereocenters. The first kappa shape index (κ1) is 21.7. The quantitative estimate of drug-likeness (QED) is 0.215. The summed E-state index contributed by atoms with van der Waals surface area (Å²) < 4.78 is 6.68. The van der Waals surface area contributed by atoms with Crippen LogP contribution in [0.4, 0.5) is 5.69 Å². The van der Waals surface area contributed by atoms with Crippen LogP contribution in [0.3, 0.4) is 0 Å². The molecule has 37 heavy (non-hydrogen) atoms.